The van der Waals surface area contributed by atoms with Gasteiger partial charge < -0.3 is 10.4 Å². The number of halogens is 3. The van der Waals surface area contributed by atoms with Crippen LogP contribution in [-0.4, -0.2) is 33.6 Å². The molecule has 1 heterocycles. The molecule has 0 spiro atoms. The molecule has 0 bridgehead atoms. The number of amides is 3. The van der Waals surface area contributed by atoms with E-state index < -0.39 is 23.6 Å². The van der Waals surface area contributed by atoms with Gasteiger partial charge >= 0.3 is 0 Å². The Kier molecular flexibility index (Phi) is 6.69. The molecule has 2 aromatic rings. The Hall–Kier alpha value is -1.56. The fourth-order valence-electron chi connectivity index (χ4n) is 2.37. The Morgan fingerprint density at radius 2 is 2.04 bits per heavy atom. The van der Waals surface area contributed by atoms with E-state index in [9.17, 15) is 19.5 Å². The molecule has 1 aliphatic heterocycles. The highest BCUT2D eigenvalue weighted by Gasteiger charge is 2.36. The van der Waals surface area contributed by atoms with Crippen LogP contribution in [0.25, 0.3) is 6.08 Å². The summed E-state index contributed by atoms with van der Waals surface area (Å²) in [5.41, 5.74) is 0.787. The number of imide groups is 1. The first kappa shape index (κ1) is 21.2. The second-order valence-corrected chi connectivity index (χ2v) is 9.10. The lowest BCUT2D eigenvalue weighted by atomic mass is 10.2. The number of hydrogen-bond acceptors (Lipinski definition) is 5. The molecule has 0 radical (unpaired) electrons. The first-order valence-corrected chi connectivity index (χ1v) is 10.8. The minimum Gasteiger partial charge on any atom is -0.506 e. The number of aromatic hydroxyl groups is 1. The lowest BCUT2D eigenvalue weighted by molar-refractivity contribution is -0.127. The molecule has 2 N–H and O–H groups in total. The van der Waals surface area contributed by atoms with Gasteiger partial charge in [0.25, 0.3) is 11.1 Å². The zero-order valence-corrected chi connectivity index (χ0v) is 19.2. The zero-order valence-electron chi connectivity index (χ0n) is 13.9. The third kappa shape index (κ3) is 4.70. The van der Waals surface area contributed by atoms with Crippen LogP contribution in [0.5, 0.6) is 5.75 Å². The SMILES string of the molecule is O=C(CN1C(=O)S/C(=C\c2cc(Br)cc(I)c2O)C1=O)Nc1ccccc1Cl. The van der Waals surface area contributed by atoms with Crippen molar-refractivity contribution in [2.24, 2.45) is 0 Å². The Bertz CT molecular complexity index is 1030. The van der Waals surface area contributed by atoms with E-state index in [0.29, 0.717) is 31.6 Å². The maximum absolute atomic E-state index is 12.6. The third-order valence-corrected chi connectivity index (χ3v) is 6.18. The van der Waals surface area contributed by atoms with Crippen molar-refractivity contribution in [3.63, 3.8) is 0 Å². The van der Waals surface area contributed by atoms with Crippen LogP contribution >= 0.6 is 61.9 Å². The van der Waals surface area contributed by atoms with Crippen molar-refractivity contribution in [3.8, 4) is 5.75 Å². The van der Waals surface area contributed by atoms with Gasteiger partial charge in [0.1, 0.15) is 12.3 Å². The number of para-hydroxylation sites is 1. The van der Waals surface area contributed by atoms with Crippen LogP contribution in [0.1, 0.15) is 5.56 Å². The number of hydrogen-bond donors (Lipinski definition) is 2. The van der Waals surface area contributed by atoms with E-state index >= 15 is 0 Å². The lowest BCUT2D eigenvalue weighted by Crippen LogP contribution is -2.36. The van der Waals surface area contributed by atoms with Gasteiger partial charge in [0, 0.05) is 10.0 Å². The molecule has 6 nitrogen and oxygen atoms in total. The van der Waals surface area contributed by atoms with Gasteiger partial charge in [-0.1, -0.05) is 39.7 Å². The average Bonchev–Trinajstić information content (AvgIpc) is 2.88. The molecule has 3 amide bonds. The maximum atomic E-state index is 12.6. The molecule has 3 rings (SSSR count). The quantitative estimate of drug-likeness (QED) is 0.381. The molecule has 28 heavy (non-hydrogen) atoms. The van der Waals surface area contributed by atoms with Gasteiger partial charge in [-0.15, -0.1) is 0 Å². The van der Waals surface area contributed by atoms with Gasteiger partial charge in [-0.05, 0) is 64.7 Å². The van der Waals surface area contributed by atoms with Gasteiger partial charge in [0.05, 0.1) is 19.2 Å². The summed E-state index contributed by atoms with van der Waals surface area (Å²) in [4.78, 5) is 38.0. The van der Waals surface area contributed by atoms with Crippen molar-refractivity contribution >= 4 is 90.7 Å². The van der Waals surface area contributed by atoms with Gasteiger partial charge in [0.2, 0.25) is 5.91 Å². The van der Waals surface area contributed by atoms with Crippen LogP contribution in [0.3, 0.4) is 0 Å². The van der Waals surface area contributed by atoms with E-state index in [1.54, 1.807) is 36.4 Å². The van der Waals surface area contributed by atoms with Crippen LogP contribution in [0.2, 0.25) is 5.02 Å². The van der Waals surface area contributed by atoms with Crippen LogP contribution in [0.4, 0.5) is 10.5 Å². The Morgan fingerprint density at radius 3 is 2.75 bits per heavy atom. The zero-order chi connectivity index (χ0) is 20.4. The molecule has 0 aromatic heterocycles. The van der Waals surface area contributed by atoms with Crippen molar-refractivity contribution in [1.82, 2.24) is 4.90 Å². The smallest absolute Gasteiger partial charge is 0.294 e. The minimum atomic E-state index is -0.598. The van der Waals surface area contributed by atoms with E-state index in [1.807, 2.05) is 22.6 Å². The number of carbonyl (C=O) groups excluding carboxylic acids is 3. The standard InChI is InChI=1S/C18H11BrClIN2O4S/c19-10-5-9(16(25)12(21)7-10)6-14-17(26)23(18(27)28-14)8-15(24)22-13-4-2-1-3-11(13)20/h1-7,25H,8H2,(H,22,24)/b14-6-. The van der Waals surface area contributed by atoms with Gasteiger partial charge in [-0.25, -0.2) is 0 Å². The number of thioether (sulfide) groups is 1. The molecule has 10 heteroatoms. The summed E-state index contributed by atoms with van der Waals surface area (Å²) in [7, 11) is 0. The first-order chi connectivity index (χ1) is 13.3. The molecular weight excluding hydrogens is 583 g/mol. The maximum Gasteiger partial charge on any atom is 0.294 e. The molecule has 144 valence electrons. The highest BCUT2D eigenvalue weighted by molar-refractivity contribution is 14.1. The van der Waals surface area contributed by atoms with E-state index in [0.717, 1.165) is 9.37 Å². The fraction of sp³-hybridized carbons (Fsp3) is 0.0556. The second-order valence-electron chi connectivity index (χ2n) is 5.62. The normalized spacial score (nSPS) is 15.4. The average molecular weight is 594 g/mol. The topological polar surface area (TPSA) is 86.7 Å². The largest absolute Gasteiger partial charge is 0.506 e. The van der Waals surface area contributed by atoms with E-state index in [2.05, 4.69) is 21.2 Å². The number of phenols is 1. The van der Waals surface area contributed by atoms with Gasteiger partial charge in [0.15, 0.2) is 0 Å². The lowest BCUT2D eigenvalue weighted by Gasteiger charge is -2.13. The number of phenolic OH excluding ortho intramolecular Hbond substituents is 1. The summed E-state index contributed by atoms with van der Waals surface area (Å²) < 4.78 is 1.32. The second kappa shape index (κ2) is 8.85. The number of anilines is 1. The molecule has 0 atom stereocenters. The number of rotatable bonds is 4. The predicted octanol–water partition coefficient (Wildman–Crippen LogP) is 5.09. The monoisotopic (exact) mass is 592 g/mol. The molecule has 1 aliphatic rings. The number of nitrogens with zero attached hydrogens (tertiary/aromatic N) is 1. The first-order valence-electron chi connectivity index (χ1n) is 7.74. The highest BCUT2D eigenvalue weighted by Crippen LogP contribution is 2.36. The fourth-order valence-corrected chi connectivity index (χ4v) is 4.93. The summed E-state index contributed by atoms with van der Waals surface area (Å²) in [6, 6.07) is 10.0. The summed E-state index contributed by atoms with van der Waals surface area (Å²) in [6.07, 6.45) is 1.43. The summed E-state index contributed by atoms with van der Waals surface area (Å²) >= 11 is 12.0. The van der Waals surface area contributed by atoms with Crippen molar-refractivity contribution in [2.75, 3.05) is 11.9 Å². The predicted molar refractivity (Wildman–Crippen MR) is 121 cm³/mol. The molecule has 0 saturated carbocycles. The van der Waals surface area contributed by atoms with Crippen LogP contribution in [-0.2, 0) is 9.59 Å². The van der Waals surface area contributed by atoms with E-state index in [4.69, 9.17) is 11.6 Å². The highest BCUT2D eigenvalue weighted by atomic mass is 127. The van der Waals surface area contributed by atoms with Crippen LogP contribution in [0, 0.1) is 3.57 Å². The molecule has 0 aliphatic carbocycles. The Balaban J connectivity index is 1.77. The molecule has 1 saturated heterocycles. The van der Waals surface area contributed by atoms with E-state index in [-0.39, 0.29) is 10.7 Å². The summed E-state index contributed by atoms with van der Waals surface area (Å²) in [5.74, 6) is -1.14. The molecular formula is C18H11BrClIN2O4S. The minimum absolute atomic E-state index is 0.00654. The number of benzene rings is 2. The van der Waals surface area contributed by atoms with Crippen molar-refractivity contribution in [2.45, 2.75) is 0 Å². The molecule has 0 unspecified atom stereocenters. The van der Waals surface area contributed by atoms with E-state index in [1.165, 1.54) is 6.08 Å². The summed E-state index contributed by atoms with van der Waals surface area (Å²) in [6.45, 7) is -0.435. The van der Waals surface area contributed by atoms with Crippen LogP contribution in [0.15, 0.2) is 45.8 Å². The number of nitrogens with one attached hydrogen (secondary N) is 1. The van der Waals surface area contributed by atoms with Crippen molar-refractivity contribution in [1.29, 1.82) is 0 Å². The van der Waals surface area contributed by atoms with Gasteiger partial charge in [-0.2, -0.15) is 0 Å². The Morgan fingerprint density at radius 1 is 1.32 bits per heavy atom. The van der Waals surface area contributed by atoms with Crippen LogP contribution < -0.4 is 5.32 Å². The van der Waals surface area contributed by atoms with Crippen molar-refractivity contribution < 1.29 is 19.5 Å². The molecule has 2 aromatic carbocycles. The van der Waals surface area contributed by atoms with Gasteiger partial charge in [-0.3, -0.25) is 19.3 Å². The number of carbonyl (C=O) groups is 3. The Labute approximate surface area is 191 Å². The third-order valence-electron chi connectivity index (χ3n) is 3.67. The summed E-state index contributed by atoms with van der Waals surface area (Å²) in [5, 5.41) is 12.5. The van der Waals surface area contributed by atoms with Crippen molar-refractivity contribution in [3.05, 3.63) is 59.9 Å². The molecule has 1 fully saturated rings.